The highest BCUT2D eigenvalue weighted by Crippen LogP contribution is 2.22. The minimum absolute atomic E-state index is 0.122. The van der Waals surface area contributed by atoms with E-state index in [4.69, 9.17) is 5.11 Å². The Morgan fingerprint density at radius 1 is 1.19 bits per heavy atom. The summed E-state index contributed by atoms with van der Waals surface area (Å²) in [5.74, 6) is -1.11. The van der Waals surface area contributed by atoms with Gasteiger partial charge in [0.05, 0.1) is 11.3 Å². The molecular formula is C18H16N4O3S. The molecule has 1 amide bonds. The highest BCUT2D eigenvalue weighted by atomic mass is 32.1. The van der Waals surface area contributed by atoms with Gasteiger partial charge in [-0.15, -0.1) is 0 Å². The van der Waals surface area contributed by atoms with Crippen LogP contribution in [-0.2, 0) is 11.8 Å². The lowest BCUT2D eigenvalue weighted by Crippen LogP contribution is -2.10. The molecule has 0 aliphatic heterocycles. The summed E-state index contributed by atoms with van der Waals surface area (Å²) >= 11 is 1.39. The largest absolute Gasteiger partial charge is 0.478 e. The second-order valence-corrected chi connectivity index (χ2v) is 6.50. The topological polar surface area (TPSA) is 96.6 Å². The summed E-state index contributed by atoms with van der Waals surface area (Å²) in [6.45, 7) is 1.46. The van der Waals surface area contributed by atoms with Gasteiger partial charge in [-0.2, -0.15) is 5.10 Å². The lowest BCUT2D eigenvalue weighted by atomic mass is 10.2. The summed E-state index contributed by atoms with van der Waals surface area (Å²) in [7, 11) is 1.78. The molecule has 0 bridgehead atoms. The van der Waals surface area contributed by atoms with Crippen LogP contribution in [0.5, 0.6) is 0 Å². The maximum atomic E-state index is 11.1. The Morgan fingerprint density at radius 2 is 1.92 bits per heavy atom. The zero-order valence-corrected chi connectivity index (χ0v) is 14.9. The number of carboxylic acids is 1. The molecule has 0 saturated heterocycles. The van der Waals surface area contributed by atoms with E-state index in [2.05, 4.69) is 15.4 Å². The first-order valence-electron chi connectivity index (χ1n) is 7.72. The second-order valence-electron chi connectivity index (χ2n) is 5.54. The van der Waals surface area contributed by atoms with Crippen molar-refractivity contribution >= 4 is 34.6 Å². The number of amides is 1. The predicted octanol–water partition coefficient (Wildman–Crippen LogP) is 3.04. The molecular weight excluding hydrogens is 352 g/mol. The molecule has 0 aliphatic carbocycles. The molecule has 132 valence electrons. The number of carbonyl (C=O) groups is 2. The number of rotatable bonds is 4. The first-order valence-corrected chi connectivity index (χ1v) is 8.54. The number of carboxylic acid groups (broad SMARTS) is 1. The molecule has 7 nitrogen and oxygen atoms in total. The fraction of sp³-hybridized carbons (Fsp3) is 0.111. The number of nitrogens with one attached hydrogen (secondary N) is 1. The molecule has 1 aromatic heterocycles. The maximum Gasteiger partial charge on any atom is 0.335 e. The lowest BCUT2D eigenvalue weighted by Gasteiger charge is -2.02. The zero-order chi connectivity index (χ0) is 18.7. The van der Waals surface area contributed by atoms with Crippen LogP contribution in [0.2, 0.25) is 0 Å². The smallest absolute Gasteiger partial charge is 0.335 e. The highest BCUT2D eigenvalue weighted by molar-refractivity contribution is 7.12. The van der Waals surface area contributed by atoms with E-state index in [1.807, 2.05) is 24.3 Å². The highest BCUT2D eigenvalue weighted by Gasteiger charge is 2.07. The zero-order valence-electron chi connectivity index (χ0n) is 14.1. The van der Waals surface area contributed by atoms with Crippen molar-refractivity contribution in [3.63, 3.8) is 0 Å². The summed E-state index contributed by atoms with van der Waals surface area (Å²) in [6.07, 6.45) is 0. The SMILES string of the molecule is CC(=O)Nc1ccc(-c2nn(C)/c(=N\c3cccc(C(=O)O)c3)s2)cc1. The van der Waals surface area contributed by atoms with Gasteiger partial charge < -0.3 is 10.4 Å². The van der Waals surface area contributed by atoms with Crippen molar-refractivity contribution in [1.29, 1.82) is 0 Å². The average molecular weight is 368 g/mol. The first kappa shape index (κ1) is 17.6. The number of hydrogen-bond acceptors (Lipinski definition) is 5. The molecule has 3 rings (SSSR count). The lowest BCUT2D eigenvalue weighted by molar-refractivity contribution is -0.114. The Balaban J connectivity index is 1.93. The summed E-state index contributed by atoms with van der Waals surface area (Å²) in [6, 6.07) is 13.8. The van der Waals surface area contributed by atoms with E-state index in [-0.39, 0.29) is 11.5 Å². The number of nitrogens with zero attached hydrogens (tertiary/aromatic N) is 3. The molecule has 8 heteroatoms. The van der Waals surface area contributed by atoms with Crippen LogP contribution in [0.4, 0.5) is 11.4 Å². The standard InChI is InChI=1S/C18H16N4O3S/c1-11(23)19-14-8-6-12(7-9-14)16-21-22(2)18(26-16)20-15-5-3-4-13(10-15)17(24)25/h3-10H,1-2H3,(H,19,23)(H,24,25)/b20-18+. The quantitative estimate of drug-likeness (QED) is 0.740. The fourth-order valence-electron chi connectivity index (χ4n) is 2.28. The van der Waals surface area contributed by atoms with Gasteiger partial charge in [0.25, 0.3) is 0 Å². The fourth-order valence-corrected chi connectivity index (χ4v) is 3.20. The van der Waals surface area contributed by atoms with Crippen LogP contribution in [0.3, 0.4) is 0 Å². The van der Waals surface area contributed by atoms with Gasteiger partial charge in [0, 0.05) is 25.2 Å². The summed E-state index contributed by atoms with van der Waals surface area (Å²) in [5, 5.41) is 17.0. The van der Waals surface area contributed by atoms with Crippen LogP contribution in [0.15, 0.2) is 53.5 Å². The van der Waals surface area contributed by atoms with E-state index < -0.39 is 5.97 Å². The van der Waals surface area contributed by atoms with Crippen LogP contribution >= 0.6 is 11.3 Å². The molecule has 0 radical (unpaired) electrons. The Bertz CT molecular complexity index is 1040. The number of hydrogen-bond donors (Lipinski definition) is 2. The Hall–Kier alpha value is -3.26. The van der Waals surface area contributed by atoms with Crippen molar-refractivity contribution in [3.8, 4) is 10.6 Å². The minimum Gasteiger partial charge on any atom is -0.478 e. The normalized spacial score (nSPS) is 11.4. The van der Waals surface area contributed by atoms with Crippen molar-refractivity contribution < 1.29 is 14.7 Å². The second kappa shape index (κ2) is 7.32. The van der Waals surface area contributed by atoms with Crippen molar-refractivity contribution in [3.05, 3.63) is 58.9 Å². The predicted molar refractivity (Wildman–Crippen MR) is 99.4 cm³/mol. The number of benzene rings is 2. The molecule has 0 saturated carbocycles. The minimum atomic E-state index is -0.990. The van der Waals surface area contributed by atoms with E-state index in [9.17, 15) is 9.59 Å². The third-order valence-electron chi connectivity index (χ3n) is 3.48. The van der Waals surface area contributed by atoms with Gasteiger partial charge in [0.15, 0.2) is 0 Å². The van der Waals surface area contributed by atoms with E-state index in [1.165, 1.54) is 30.4 Å². The Labute approximate surface area is 153 Å². The van der Waals surface area contributed by atoms with Crippen molar-refractivity contribution in [2.24, 2.45) is 12.0 Å². The third kappa shape index (κ3) is 4.04. The van der Waals surface area contributed by atoms with Crippen LogP contribution in [0, 0.1) is 0 Å². The molecule has 0 aliphatic rings. The van der Waals surface area contributed by atoms with Crippen LogP contribution in [0.25, 0.3) is 10.6 Å². The number of aromatic nitrogens is 2. The van der Waals surface area contributed by atoms with Crippen LogP contribution in [-0.4, -0.2) is 26.8 Å². The number of aryl methyl sites for hydroxylation is 1. The summed E-state index contributed by atoms with van der Waals surface area (Å²) in [5.41, 5.74) is 2.36. The average Bonchev–Trinajstić information content (AvgIpc) is 2.96. The van der Waals surface area contributed by atoms with E-state index in [1.54, 1.807) is 23.9 Å². The van der Waals surface area contributed by atoms with Gasteiger partial charge in [-0.3, -0.25) is 4.79 Å². The van der Waals surface area contributed by atoms with Gasteiger partial charge in [-0.1, -0.05) is 17.4 Å². The molecule has 1 heterocycles. The first-order chi connectivity index (χ1) is 12.4. The number of aromatic carboxylic acids is 1. The van der Waals surface area contributed by atoms with Crippen molar-refractivity contribution in [2.75, 3.05) is 5.32 Å². The summed E-state index contributed by atoms with van der Waals surface area (Å²) < 4.78 is 1.65. The van der Waals surface area contributed by atoms with Gasteiger partial charge in [0.2, 0.25) is 10.7 Å². The van der Waals surface area contributed by atoms with Crippen LogP contribution < -0.4 is 10.1 Å². The summed E-state index contributed by atoms with van der Waals surface area (Å²) in [4.78, 5) is 27.3. The van der Waals surface area contributed by atoms with Gasteiger partial charge in [0.1, 0.15) is 5.01 Å². The number of anilines is 1. The van der Waals surface area contributed by atoms with Gasteiger partial charge >= 0.3 is 5.97 Å². The van der Waals surface area contributed by atoms with Crippen molar-refractivity contribution in [1.82, 2.24) is 9.78 Å². The van der Waals surface area contributed by atoms with Crippen LogP contribution in [0.1, 0.15) is 17.3 Å². The van der Waals surface area contributed by atoms with E-state index in [0.717, 1.165) is 16.3 Å². The third-order valence-corrected chi connectivity index (χ3v) is 4.52. The number of carbonyl (C=O) groups excluding carboxylic acids is 1. The van der Waals surface area contributed by atoms with Gasteiger partial charge in [-0.05, 0) is 42.5 Å². The molecule has 2 N–H and O–H groups in total. The Kier molecular flexibility index (Phi) is 4.94. The molecule has 0 unspecified atom stereocenters. The Morgan fingerprint density at radius 3 is 2.58 bits per heavy atom. The monoisotopic (exact) mass is 368 g/mol. The molecule has 26 heavy (non-hydrogen) atoms. The molecule has 0 fully saturated rings. The molecule has 0 atom stereocenters. The van der Waals surface area contributed by atoms with E-state index >= 15 is 0 Å². The molecule has 3 aromatic rings. The van der Waals surface area contributed by atoms with Gasteiger partial charge in [-0.25, -0.2) is 14.5 Å². The molecule has 2 aromatic carbocycles. The van der Waals surface area contributed by atoms with Crippen molar-refractivity contribution in [2.45, 2.75) is 6.92 Å². The van der Waals surface area contributed by atoms with E-state index in [0.29, 0.717) is 10.5 Å². The molecule has 0 spiro atoms. The maximum absolute atomic E-state index is 11.1.